The molecule has 1 N–H and O–H groups in total. The highest BCUT2D eigenvalue weighted by atomic mass is 35.5. The zero-order chi connectivity index (χ0) is 17.6. The lowest BCUT2D eigenvalue weighted by molar-refractivity contribution is 0.133. The first-order chi connectivity index (χ1) is 12.1. The van der Waals surface area contributed by atoms with Crippen molar-refractivity contribution in [1.82, 2.24) is 15.1 Å². The SMILES string of the molecule is CC(NC(=O)N1CCN(Cc2ccc(Cl)cc2)CC1)c1ccccc1. The fourth-order valence-corrected chi connectivity index (χ4v) is 3.18. The first-order valence-electron chi connectivity index (χ1n) is 8.69. The first kappa shape index (κ1) is 17.8. The highest BCUT2D eigenvalue weighted by Crippen LogP contribution is 2.14. The summed E-state index contributed by atoms with van der Waals surface area (Å²) in [6.07, 6.45) is 0. The third kappa shape index (κ3) is 4.97. The van der Waals surface area contributed by atoms with Crippen LogP contribution in [0, 0.1) is 0 Å². The van der Waals surface area contributed by atoms with Crippen LogP contribution in [0.2, 0.25) is 5.02 Å². The Hall–Kier alpha value is -2.04. The minimum absolute atomic E-state index is 0.0146. The molecule has 1 saturated heterocycles. The summed E-state index contributed by atoms with van der Waals surface area (Å²) in [6.45, 7) is 6.18. The van der Waals surface area contributed by atoms with Crippen LogP contribution < -0.4 is 5.32 Å². The number of urea groups is 1. The van der Waals surface area contributed by atoms with Gasteiger partial charge < -0.3 is 10.2 Å². The van der Waals surface area contributed by atoms with E-state index in [0.29, 0.717) is 0 Å². The summed E-state index contributed by atoms with van der Waals surface area (Å²) in [5.74, 6) is 0. The van der Waals surface area contributed by atoms with Crippen LogP contribution in [0.15, 0.2) is 54.6 Å². The van der Waals surface area contributed by atoms with E-state index in [1.807, 2.05) is 54.3 Å². The lowest BCUT2D eigenvalue weighted by atomic mass is 10.1. The van der Waals surface area contributed by atoms with Crippen LogP contribution in [-0.2, 0) is 6.54 Å². The maximum atomic E-state index is 12.5. The maximum Gasteiger partial charge on any atom is 0.317 e. The molecule has 1 heterocycles. The van der Waals surface area contributed by atoms with Gasteiger partial charge in [-0.25, -0.2) is 4.79 Å². The number of nitrogens with one attached hydrogen (secondary N) is 1. The standard InChI is InChI=1S/C20H24ClN3O/c1-16(18-5-3-2-4-6-18)22-20(25)24-13-11-23(12-14-24)15-17-7-9-19(21)10-8-17/h2-10,16H,11-15H2,1H3,(H,22,25). The third-order valence-electron chi connectivity index (χ3n) is 4.62. The summed E-state index contributed by atoms with van der Waals surface area (Å²) in [4.78, 5) is 16.7. The van der Waals surface area contributed by atoms with Gasteiger partial charge in [0.05, 0.1) is 6.04 Å². The van der Waals surface area contributed by atoms with Crippen LogP contribution >= 0.6 is 11.6 Å². The summed E-state index contributed by atoms with van der Waals surface area (Å²) >= 11 is 5.93. The predicted octanol–water partition coefficient (Wildman–Crippen LogP) is 3.93. The van der Waals surface area contributed by atoms with E-state index in [1.165, 1.54) is 5.56 Å². The summed E-state index contributed by atoms with van der Waals surface area (Å²) in [5, 5.41) is 3.85. The zero-order valence-electron chi connectivity index (χ0n) is 14.5. The Labute approximate surface area is 154 Å². The molecule has 0 radical (unpaired) electrons. The van der Waals surface area contributed by atoms with Crippen molar-refractivity contribution in [2.24, 2.45) is 0 Å². The molecule has 1 unspecified atom stereocenters. The van der Waals surface area contributed by atoms with E-state index in [0.717, 1.165) is 43.3 Å². The second-order valence-corrected chi connectivity index (χ2v) is 6.91. The molecule has 5 heteroatoms. The van der Waals surface area contributed by atoms with Crippen molar-refractivity contribution < 1.29 is 4.79 Å². The molecule has 4 nitrogen and oxygen atoms in total. The van der Waals surface area contributed by atoms with E-state index in [1.54, 1.807) is 0 Å². The average Bonchev–Trinajstić information content (AvgIpc) is 2.65. The molecule has 0 bridgehead atoms. The molecule has 2 aromatic carbocycles. The lowest BCUT2D eigenvalue weighted by Gasteiger charge is -2.35. The molecule has 0 spiro atoms. The summed E-state index contributed by atoms with van der Waals surface area (Å²) in [6, 6.07) is 18.0. The first-order valence-corrected chi connectivity index (χ1v) is 9.07. The Kier molecular flexibility index (Phi) is 5.95. The van der Waals surface area contributed by atoms with Gasteiger partial charge in [0.15, 0.2) is 0 Å². The Morgan fingerprint density at radius 3 is 2.32 bits per heavy atom. The van der Waals surface area contributed by atoms with E-state index in [4.69, 9.17) is 11.6 Å². The molecule has 1 aliphatic heterocycles. The quantitative estimate of drug-likeness (QED) is 0.899. The number of halogens is 1. The second-order valence-electron chi connectivity index (χ2n) is 6.47. The molecular formula is C20H24ClN3O. The molecule has 1 aliphatic rings. The van der Waals surface area contributed by atoms with Crippen LogP contribution in [0.25, 0.3) is 0 Å². The molecule has 132 valence electrons. The Morgan fingerprint density at radius 2 is 1.68 bits per heavy atom. The zero-order valence-corrected chi connectivity index (χ0v) is 15.2. The monoisotopic (exact) mass is 357 g/mol. The van der Waals surface area contributed by atoms with Gasteiger partial charge in [0.2, 0.25) is 0 Å². The normalized spacial score (nSPS) is 16.5. The van der Waals surface area contributed by atoms with Gasteiger partial charge in [-0.05, 0) is 30.2 Å². The van der Waals surface area contributed by atoms with Crippen LogP contribution in [0.3, 0.4) is 0 Å². The summed E-state index contributed by atoms with van der Waals surface area (Å²) < 4.78 is 0. The van der Waals surface area contributed by atoms with E-state index in [9.17, 15) is 4.79 Å². The van der Waals surface area contributed by atoms with Gasteiger partial charge in [-0.3, -0.25) is 4.90 Å². The molecule has 1 fully saturated rings. The predicted molar refractivity (Wildman–Crippen MR) is 102 cm³/mol. The summed E-state index contributed by atoms with van der Waals surface area (Å²) in [5.41, 5.74) is 2.37. The van der Waals surface area contributed by atoms with Crippen LogP contribution in [0.5, 0.6) is 0 Å². The van der Waals surface area contributed by atoms with Gasteiger partial charge in [0, 0.05) is 37.7 Å². The van der Waals surface area contributed by atoms with Gasteiger partial charge in [0.1, 0.15) is 0 Å². The maximum absolute atomic E-state index is 12.5. The highest BCUT2D eigenvalue weighted by molar-refractivity contribution is 6.30. The number of amides is 2. The largest absolute Gasteiger partial charge is 0.331 e. The lowest BCUT2D eigenvalue weighted by Crippen LogP contribution is -2.51. The van der Waals surface area contributed by atoms with Crippen LogP contribution in [0.4, 0.5) is 4.79 Å². The van der Waals surface area contributed by atoms with Gasteiger partial charge >= 0.3 is 6.03 Å². The number of hydrogen-bond acceptors (Lipinski definition) is 2. The molecule has 25 heavy (non-hydrogen) atoms. The smallest absolute Gasteiger partial charge is 0.317 e. The Morgan fingerprint density at radius 1 is 1.04 bits per heavy atom. The molecule has 2 aromatic rings. The fourth-order valence-electron chi connectivity index (χ4n) is 3.06. The van der Waals surface area contributed by atoms with Crippen molar-refractivity contribution >= 4 is 17.6 Å². The third-order valence-corrected chi connectivity index (χ3v) is 4.87. The van der Waals surface area contributed by atoms with Gasteiger partial charge in [-0.1, -0.05) is 54.1 Å². The van der Waals surface area contributed by atoms with E-state index in [-0.39, 0.29) is 12.1 Å². The topological polar surface area (TPSA) is 35.6 Å². The van der Waals surface area contributed by atoms with Crippen molar-refractivity contribution in [1.29, 1.82) is 0 Å². The molecule has 0 saturated carbocycles. The highest BCUT2D eigenvalue weighted by Gasteiger charge is 2.22. The molecular weight excluding hydrogens is 334 g/mol. The number of carbonyl (C=O) groups is 1. The van der Waals surface area contributed by atoms with Crippen LogP contribution in [0.1, 0.15) is 24.1 Å². The summed E-state index contributed by atoms with van der Waals surface area (Å²) in [7, 11) is 0. The average molecular weight is 358 g/mol. The van der Waals surface area contributed by atoms with Crippen molar-refractivity contribution in [2.75, 3.05) is 26.2 Å². The molecule has 3 rings (SSSR count). The van der Waals surface area contributed by atoms with E-state index in [2.05, 4.69) is 22.3 Å². The molecule has 0 aliphatic carbocycles. The fraction of sp³-hybridized carbons (Fsp3) is 0.350. The van der Waals surface area contributed by atoms with Gasteiger partial charge in [-0.2, -0.15) is 0 Å². The minimum Gasteiger partial charge on any atom is -0.331 e. The minimum atomic E-state index is 0.0146. The number of nitrogens with zero attached hydrogens (tertiary/aromatic N) is 2. The van der Waals surface area contributed by atoms with Crippen molar-refractivity contribution in [2.45, 2.75) is 19.5 Å². The van der Waals surface area contributed by atoms with Crippen molar-refractivity contribution in [3.05, 3.63) is 70.7 Å². The van der Waals surface area contributed by atoms with Crippen molar-refractivity contribution in [3.63, 3.8) is 0 Å². The molecule has 2 amide bonds. The van der Waals surface area contributed by atoms with Crippen molar-refractivity contribution in [3.8, 4) is 0 Å². The Balaban J connectivity index is 1.46. The van der Waals surface area contributed by atoms with E-state index >= 15 is 0 Å². The number of hydrogen-bond donors (Lipinski definition) is 1. The van der Waals surface area contributed by atoms with Gasteiger partial charge in [-0.15, -0.1) is 0 Å². The van der Waals surface area contributed by atoms with Crippen LogP contribution in [-0.4, -0.2) is 42.0 Å². The number of benzene rings is 2. The number of piperazine rings is 1. The van der Waals surface area contributed by atoms with Gasteiger partial charge in [0.25, 0.3) is 0 Å². The number of rotatable bonds is 4. The van der Waals surface area contributed by atoms with E-state index < -0.39 is 0 Å². The molecule has 0 aromatic heterocycles. The second kappa shape index (κ2) is 8.37. The molecule has 1 atom stereocenters. The number of carbonyl (C=O) groups excluding carboxylic acids is 1. The Bertz CT molecular complexity index is 682.